The fraction of sp³-hybridized carbons (Fsp3) is 0.273. The molecule has 0 radical (unpaired) electrons. The number of benzene rings is 1. The predicted molar refractivity (Wildman–Crippen MR) is 56.5 cm³/mol. The first-order chi connectivity index (χ1) is 7.13. The van der Waals surface area contributed by atoms with Crippen LogP contribution in [0.3, 0.4) is 0 Å². The number of esters is 2. The van der Waals surface area contributed by atoms with Gasteiger partial charge < -0.3 is 4.74 Å². The molecule has 0 aromatic heterocycles. The number of carbonyl (C=O) groups is 2. The van der Waals surface area contributed by atoms with Crippen LogP contribution in [-0.4, -0.2) is 11.9 Å². The Kier molecular flexibility index (Phi) is 4.31. The van der Waals surface area contributed by atoms with Crippen molar-refractivity contribution in [2.75, 3.05) is 0 Å². The monoisotopic (exact) mass is 226 g/mol. The largest absolute Gasteiger partial charge is 0.393 e. The lowest BCUT2D eigenvalue weighted by Gasteiger charge is -2.03. The van der Waals surface area contributed by atoms with Gasteiger partial charge in [0.05, 0.1) is 6.42 Å². The van der Waals surface area contributed by atoms with Crippen LogP contribution < -0.4 is 0 Å². The van der Waals surface area contributed by atoms with Gasteiger partial charge in [0.15, 0.2) is 0 Å². The zero-order valence-electron chi connectivity index (χ0n) is 8.33. The van der Waals surface area contributed by atoms with Crippen molar-refractivity contribution >= 4 is 23.5 Å². The van der Waals surface area contributed by atoms with Crippen LogP contribution >= 0.6 is 11.6 Å². The van der Waals surface area contributed by atoms with Crippen molar-refractivity contribution in [1.82, 2.24) is 0 Å². The van der Waals surface area contributed by atoms with E-state index in [-0.39, 0.29) is 12.8 Å². The van der Waals surface area contributed by atoms with Gasteiger partial charge in [-0.15, -0.1) is 0 Å². The predicted octanol–water partition coefficient (Wildman–Crippen LogP) is 2.36. The van der Waals surface area contributed by atoms with Gasteiger partial charge in [-0.05, 0) is 11.6 Å². The van der Waals surface area contributed by atoms with Crippen LogP contribution in [0.15, 0.2) is 24.3 Å². The lowest BCUT2D eigenvalue weighted by molar-refractivity contribution is -0.158. The van der Waals surface area contributed by atoms with Gasteiger partial charge in [-0.2, -0.15) is 0 Å². The highest BCUT2D eigenvalue weighted by Crippen LogP contribution is 2.15. The minimum atomic E-state index is -0.574. The molecule has 1 aromatic carbocycles. The molecule has 0 aliphatic heterocycles. The molecule has 0 heterocycles. The maximum absolute atomic E-state index is 11.2. The highest BCUT2D eigenvalue weighted by Gasteiger charge is 2.10. The van der Waals surface area contributed by atoms with Crippen LogP contribution in [0.1, 0.15) is 18.9 Å². The van der Waals surface area contributed by atoms with Crippen molar-refractivity contribution in [3.05, 3.63) is 34.9 Å². The summed E-state index contributed by atoms with van der Waals surface area (Å²) in [5, 5.41) is 0.499. The first kappa shape index (κ1) is 11.7. The molecule has 0 saturated heterocycles. The zero-order chi connectivity index (χ0) is 11.3. The topological polar surface area (TPSA) is 43.4 Å². The summed E-state index contributed by atoms with van der Waals surface area (Å²) in [6.45, 7) is 1.63. The minimum absolute atomic E-state index is 0.0193. The summed E-state index contributed by atoms with van der Waals surface area (Å²) in [6.07, 6.45) is 0.208. The molecule has 0 bridgehead atoms. The van der Waals surface area contributed by atoms with Gasteiger partial charge in [0.1, 0.15) is 0 Å². The van der Waals surface area contributed by atoms with Crippen molar-refractivity contribution in [2.45, 2.75) is 19.8 Å². The van der Waals surface area contributed by atoms with Crippen LogP contribution in [0, 0.1) is 0 Å². The van der Waals surface area contributed by atoms with E-state index in [1.54, 1.807) is 31.2 Å². The van der Waals surface area contributed by atoms with Crippen LogP contribution in [-0.2, 0) is 20.7 Å². The lowest BCUT2D eigenvalue weighted by Crippen LogP contribution is -2.13. The highest BCUT2D eigenvalue weighted by molar-refractivity contribution is 6.31. The fourth-order valence-electron chi connectivity index (χ4n) is 1.03. The molecule has 1 rings (SSSR count). The van der Waals surface area contributed by atoms with Gasteiger partial charge in [0.25, 0.3) is 0 Å². The number of hydrogen-bond donors (Lipinski definition) is 0. The van der Waals surface area contributed by atoms with E-state index in [1.165, 1.54) is 0 Å². The van der Waals surface area contributed by atoms with Gasteiger partial charge in [-0.3, -0.25) is 9.59 Å². The summed E-state index contributed by atoms with van der Waals surface area (Å²) in [5.41, 5.74) is 0.660. The Bertz CT molecular complexity index is 374. The quantitative estimate of drug-likeness (QED) is 0.587. The average molecular weight is 227 g/mol. The molecular weight excluding hydrogens is 216 g/mol. The smallest absolute Gasteiger partial charge is 0.317 e. The van der Waals surface area contributed by atoms with Gasteiger partial charge in [0, 0.05) is 11.4 Å². The SMILES string of the molecule is CCC(=O)OC(=O)Cc1ccccc1Cl. The number of hydrogen-bond acceptors (Lipinski definition) is 3. The number of carbonyl (C=O) groups excluding carboxylic acids is 2. The minimum Gasteiger partial charge on any atom is -0.393 e. The third-order valence-corrected chi connectivity index (χ3v) is 2.18. The summed E-state index contributed by atoms with van der Waals surface area (Å²) >= 11 is 5.85. The molecule has 3 nitrogen and oxygen atoms in total. The van der Waals surface area contributed by atoms with E-state index in [0.717, 1.165) is 0 Å². The second kappa shape index (κ2) is 5.51. The molecule has 0 aliphatic carbocycles. The standard InChI is InChI=1S/C11H11ClO3/c1-2-10(13)15-11(14)7-8-5-3-4-6-9(8)12/h3-6H,2,7H2,1H3. The van der Waals surface area contributed by atoms with E-state index in [1.807, 2.05) is 0 Å². The Morgan fingerprint density at radius 2 is 1.93 bits per heavy atom. The molecular formula is C11H11ClO3. The highest BCUT2D eigenvalue weighted by atomic mass is 35.5. The van der Waals surface area contributed by atoms with Crippen molar-refractivity contribution in [3.63, 3.8) is 0 Å². The number of halogens is 1. The van der Waals surface area contributed by atoms with E-state index in [0.29, 0.717) is 10.6 Å². The van der Waals surface area contributed by atoms with Crippen LogP contribution in [0.5, 0.6) is 0 Å². The average Bonchev–Trinajstić information content (AvgIpc) is 2.21. The Balaban J connectivity index is 2.59. The molecule has 4 heteroatoms. The fourth-order valence-corrected chi connectivity index (χ4v) is 1.24. The lowest BCUT2D eigenvalue weighted by atomic mass is 10.1. The van der Waals surface area contributed by atoms with E-state index in [2.05, 4.69) is 4.74 Å². The molecule has 0 unspecified atom stereocenters. The molecule has 0 fully saturated rings. The Morgan fingerprint density at radius 1 is 1.27 bits per heavy atom. The third-order valence-electron chi connectivity index (χ3n) is 1.81. The Hall–Kier alpha value is -1.35. The summed E-state index contributed by atoms with van der Waals surface area (Å²) < 4.78 is 4.52. The molecule has 80 valence electrons. The molecule has 15 heavy (non-hydrogen) atoms. The van der Waals surface area contributed by atoms with E-state index < -0.39 is 11.9 Å². The Labute approximate surface area is 93.0 Å². The molecule has 1 aromatic rings. The molecule has 0 spiro atoms. The first-order valence-corrected chi connectivity index (χ1v) is 4.98. The van der Waals surface area contributed by atoms with Crippen molar-refractivity contribution in [3.8, 4) is 0 Å². The second-order valence-corrected chi connectivity index (χ2v) is 3.38. The Morgan fingerprint density at radius 3 is 2.53 bits per heavy atom. The summed E-state index contributed by atoms with van der Waals surface area (Å²) in [5.74, 6) is -1.10. The molecule has 0 atom stereocenters. The van der Waals surface area contributed by atoms with Crippen molar-refractivity contribution < 1.29 is 14.3 Å². The van der Waals surface area contributed by atoms with Gasteiger partial charge >= 0.3 is 11.9 Å². The second-order valence-electron chi connectivity index (χ2n) is 2.97. The van der Waals surface area contributed by atoms with Gasteiger partial charge in [0.2, 0.25) is 0 Å². The van der Waals surface area contributed by atoms with Crippen molar-refractivity contribution in [1.29, 1.82) is 0 Å². The van der Waals surface area contributed by atoms with Crippen molar-refractivity contribution in [2.24, 2.45) is 0 Å². The zero-order valence-corrected chi connectivity index (χ0v) is 9.08. The van der Waals surface area contributed by atoms with E-state index in [9.17, 15) is 9.59 Å². The normalized spacial score (nSPS) is 9.73. The van der Waals surface area contributed by atoms with Crippen LogP contribution in [0.4, 0.5) is 0 Å². The van der Waals surface area contributed by atoms with E-state index in [4.69, 9.17) is 11.6 Å². The van der Waals surface area contributed by atoms with Crippen LogP contribution in [0.2, 0.25) is 5.02 Å². The maximum Gasteiger partial charge on any atom is 0.317 e. The molecule has 0 N–H and O–H groups in total. The molecule has 0 saturated carbocycles. The molecule has 0 aliphatic rings. The molecule has 0 amide bonds. The van der Waals surface area contributed by atoms with E-state index >= 15 is 0 Å². The van der Waals surface area contributed by atoms with Crippen LogP contribution in [0.25, 0.3) is 0 Å². The first-order valence-electron chi connectivity index (χ1n) is 4.60. The number of ether oxygens (including phenoxy) is 1. The summed E-state index contributed by atoms with van der Waals surface area (Å²) in [7, 11) is 0. The maximum atomic E-state index is 11.2. The number of rotatable bonds is 3. The third kappa shape index (κ3) is 3.72. The summed E-state index contributed by atoms with van der Waals surface area (Å²) in [4.78, 5) is 22.1. The van der Waals surface area contributed by atoms with Gasteiger partial charge in [-0.25, -0.2) is 0 Å². The summed E-state index contributed by atoms with van der Waals surface area (Å²) in [6, 6.07) is 6.95. The van der Waals surface area contributed by atoms with Gasteiger partial charge in [-0.1, -0.05) is 36.7 Å².